The Bertz CT molecular complexity index is 1090. The molecule has 1 unspecified atom stereocenters. The van der Waals surface area contributed by atoms with Gasteiger partial charge >= 0.3 is 0 Å². The summed E-state index contributed by atoms with van der Waals surface area (Å²) in [4.78, 5) is 11.7. The van der Waals surface area contributed by atoms with Crippen LogP contribution in [0, 0.1) is 0 Å². The van der Waals surface area contributed by atoms with E-state index in [9.17, 15) is 9.90 Å². The second kappa shape index (κ2) is 9.68. The molecule has 3 rings (SSSR count). The maximum absolute atomic E-state index is 11.7. The molecule has 0 aliphatic rings. The zero-order valence-electron chi connectivity index (χ0n) is 20.3. The molecule has 0 aromatic heterocycles. The van der Waals surface area contributed by atoms with E-state index in [2.05, 4.69) is 87.8 Å². The standard InChI is InChI=1S/C29H33BrO2S/c1-27(2,3)23-18-21(19-24(26(23)32)28(4,5)6)29(33-17-16-31,20-12-8-7-9-13-20)22-14-10-11-15-25(22)30/h7-16,18-19,32H,17H2,1-6H3/i16+1. The molecule has 1 atom stereocenters. The molecule has 0 spiro atoms. The van der Waals surface area contributed by atoms with E-state index in [0.717, 1.165) is 38.6 Å². The first kappa shape index (κ1) is 25.6. The number of halogens is 1. The van der Waals surface area contributed by atoms with E-state index < -0.39 is 4.75 Å². The highest BCUT2D eigenvalue weighted by atomic mass is 79.9. The van der Waals surface area contributed by atoms with Gasteiger partial charge in [-0.1, -0.05) is 106 Å². The van der Waals surface area contributed by atoms with Gasteiger partial charge in [-0.25, -0.2) is 0 Å². The van der Waals surface area contributed by atoms with Crippen LogP contribution in [0.15, 0.2) is 71.2 Å². The van der Waals surface area contributed by atoms with Crippen LogP contribution in [0.25, 0.3) is 0 Å². The van der Waals surface area contributed by atoms with Crippen molar-refractivity contribution in [3.8, 4) is 5.75 Å². The maximum Gasteiger partial charge on any atom is 0.129 e. The molecule has 0 aliphatic carbocycles. The smallest absolute Gasteiger partial charge is 0.129 e. The van der Waals surface area contributed by atoms with Crippen molar-refractivity contribution < 1.29 is 9.90 Å². The van der Waals surface area contributed by atoms with Gasteiger partial charge in [-0.15, -0.1) is 11.8 Å². The maximum atomic E-state index is 11.7. The van der Waals surface area contributed by atoms with Gasteiger partial charge in [0.15, 0.2) is 0 Å². The molecule has 0 aliphatic heterocycles. The molecule has 2 nitrogen and oxygen atoms in total. The molecule has 0 radical (unpaired) electrons. The van der Waals surface area contributed by atoms with Gasteiger partial charge in [-0.3, -0.25) is 0 Å². The quantitative estimate of drug-likeness (QED) is 0.201. The Balaban J connectivity index is 2.53. The van der Waals surface area contributed by atoms with Crippen LogP contribution in [0.1, 0.15) is 69.4 Å². The Labute approximate surface area is 211 Å². The summed E-state index contributed by atoms with van der Waals surface area (Å²) in [5.74, 6) is 0.695. The third-order valence-electron chi connectivity index (χ3n) is 5.93. The monoisotopic (exact) mass is 525 g/mol. The van der Waals surface area contributed by atoms with Crippen molar-refractivity contribution in [1.82, 2.24) is 0 Å². The molecule has 3 aromatic carbocycles. The number of rotatable bonds is 6. The Morgan fingerprint density at radius 3 is 1.79 bits per heavy atom. The first-order valence-electron chi connectivity index (χ1n) is 11.2. The summed E-state index contributed by atoms with van der Waals surface area (Å²) in [5, 5.41) is 11.3. The third-order valence-corrected chi connectivity index (χ3v) is 8.05. The van der Waals surface area contributed by atoms with Gasteiger partial charge in [0.2, 0.25) is 0 Å². The minimum absolute atomic E-state index is 0.258. The van der Waals surface area contributed by atoms with Crippen LogP contribution in [0.3, 0.4) is 0 Å². The molecule has 0 amide bonds. The summed E-state index contributed by atoms with van der Waals surface area (Å²) in [5.41, 5.74) is 4.52. The lowest BCUT2D eigenvalue weighted by molar-refractivity contribution is -0.105. The highest BCUT2D eigenvalue weighted by Crippen LogP contribution is 2.53. The van der Waals surface area contributed by atoms with Crippen LogP contribution in [-0.2, 0) is 20.4 Å². The lowest BCUT2D eigenvalue weighted by atomic mass is 9.74. The van der Waals surface area contributed by atoms with Gasteiger partial charge in [-0.2, -0.15) is 0 Å². The van der Waals surface area contributed by atoms with Crippen molar-refractivity contribution in [1.29, 1.82) is 0 Å². The van der Waals surface area contributed by atoms with Crippen molar-refractivity contribution in [3.63, 3.8) is 0 Å². The third kappa shape index (κ3) is 5.07. The summed E-state index contributed by atoms with van der Waals surface area (Å²) in [6, 6.07) is 22.8. The van der Waals surface area contributed by atoms with Gasteiger partial charge in [0.1, 0.15) is 12.0 Å². The molecule has 0 fully saturated rings. The fraction of sp³-hybridized carbons (Fsp3) is 0.345. The van der Waals surface area contributed by atoms with Crippen LogP contribution in [0.5, 0.6) is 5.75 Å². The second-order valence-electron chi connectivity index (χ2n) is 10.4. The largest absolute Gasteiger partial charge is 0.507 e. The zero-order valence-corrected chi connectivity index (χ0v) is 22.7. The minimum Gasteiger partial charge on any atom is -0.507 e. The van der Waals surface area contributed by atoms with E-state index in [1.54, 1.807) is 11.8 Å². The Morgan fingerprint density at radius 2 is 1.30 bits per heavy atom. The van der Waals surface area contributed by atoms with Crippen molar-refractivity contribution in [3.05, 3.63) is 99.0 Å². The first-order chi connectivity index (χ1) is 15.4. The molecule has 33 heavy (non-hydrogen) atoms. The van der Waals surface area contributed by atoms with Gasteiger partial charge in [0.25, 0.3) is 0 Å². The molecule has 3 aromatic rings. The van der Waals surface area contributed by atoms with Crippen LogP contribution in [-0.4, -0.2) is 17.1 Å². The van der Waals surface area contributed by atoms with Gasteiger partial charge in [0.05, 0.1) is 10.5 Å². The van der Waals surface area contributed by atoms with E-state index in [-0.39, 0.29) is 10.8 Å². The van der Waals surface area contributed by atoms with Crippen LogP contribution >= 0.6 is 27.7 Å². The summed E-state index contributed by atoms with van der Waals surface area (Å²) in [6.07, 6.45) is 0.967. The molecule has 1 N–H and O–H groups in total. The summed E-state index contributed by atoms with van der Waals surface area (Å²) < 4.78 is 0.339. The number of hydrogen-bond donors (Lipinski definition) is 1. The van der Waals surface area contributed by atoms with Crippen LogP contribution < -0.4 is 0 Å². The van der Waals surface area contributed by atoms with Crippen LogP contribution in [0.4, 0.5) is 0 Å². The molecule has 174 valence electrons. The molecular formula is C29H33BrO2S. The first-order valence-corrected chi connectivity index (χ1v) is 13.0. The number of aldehydes is 1. The number of carbonyl (C=O) groups excluding carboxylic acids is 1. The van der Waals surface area contributed by atoms with E-state index in [4.69, 9.17) is 0 Å². The minimum atomic E-state index is -0.643. The number of benzene rings is 3. The number of thioether (sulfide) groups is 1. The lowest BCUT2D eigenvalue weighted by Crippen LogP contribution is -2.29. The van der Waals surface area contributed by atoms with E-state index in [0.29, 0.717) is 11.5 Å². The topological polar surface area (TPSA) is 37.3 Å². The predicted octanol–water partition coefficient (Wildman–Crippen LogP) is 7.97. The average Bonchev–Trinajstić information content (AvgIpc) is 2.75. The predicted molar refractivity (Wildman–Crippen MR) is 144 cm³/mol. The number of phenols is 1. The molecule has 4 heteroatoms. The lowest BCUT2D eigenvalue weighted by Gasteiger charge is -2.38. The van der Waals surface area contributed by atoms with Crippen molar-refractivity contribution >= 4 is 34.0 Å². The Kier molecular flexibility index (Phi) is 7.50. The number of carbonyl (C=O) groups is 1. The summed E-state index contributed by atoms with van der Waals surface area (Å²) >= 11 is 5.41. The van der Waals surface area contributed by atoms with Gasteiger partial charge < -0.3 is 9.90 Å². The van der Waals surface area contributed by atoms with E-state index >= 15 is 0 Å². The second-order valence-corrected chi connectivity index (χ2v) is 12.5. The van der Waals surface area contributed by atoms with Crippen molar-refractivity contribution in [2.75, 3.05) is 5.75 Å². The number of phenolic OH excluding ortho intramolecular Hbond substituents is 1. The van der Waals surface area contributed by atoms with E-state index in [1.165, 1.54) is 0 Å². The molecular weight excluding hydrogens is 493 g/mol. The Morgan fingerprint density at radius 1 is 0.788 bits per heavy atom. The van der Waals surface area contributed by atoms with Crippen molar-refractivity contribution in [2.24, 2.45) is 0 Å². The van der Waals surface area contributed by atoms with Crippen LogP contribution in [0.2, 0.25) is 0 Å². The molecule has 0 saturated carbocycles. The summed E-state index contributed by atoms with van der Waals surface area (Å²) in [7, 11) is 0. The highest BCUT2D eigenvalue weighted by Gasteiger charge is 2.40. The molecule has 0 saturated heterocycles. The SMILES string of the molecule is CC(C)(C)c1cc(C(SC[13CH]=O)(c2ccccc2)c2ccccc2Br)cc(C(C)(C)C)c1O. The highest BCUT2D eigenvalue weighted by molar-refractivity contribution is 9.10. The fourth-order valence-electron chi connectivity index (χ4n) is 4.28. The van der Waals surface area contributed by atoms with Gasteiger partial charge in [-0.05, 0) is 56.8 Å². The van der Waals surface area contributed by atoms with E-state index in [1.807, 2.05) is 36.4 Å². The number of hydrogen-bond acceptors (Lipinski definition) is 3. The molecule has 0 heterocycles. The van der Waals surface area contributed by atoms with Gasteiger partial charge in [0, 0.05) is 4.47 Å². The normalized spacial score (nSPS) is 14.0. The molecule has 0 bridgehead atoms. The average molecular weight is 527 g/mol. The Hall–Kier alpha value is -2.04. The number of aromatic hydroxyl groups is 1. The van der Waals surface area contributed by atoms with Crippen molar-refractivity contribution in [2.45, 2.75) is 57.1 Å². The summed E-state index contributed by atoms with van der Waals surface area (Å²) in [6.45, 7) is 12.7. The fourth-order valence-corrected chi connectivity index (χ4v) is 6.23. The zero-order chi connectivity index (χ0) is 24.4.